The van der Waals surface area contributed by atoms with Crippen LogP contribution in [0.3, 0.4) is 0 Å². The highest BCUT2D eigenvalue weighted by molar-refractivity contribution is 5.69. The summed E-state index contributed by atoms with van der Waals surface area (Å²) in [4.78, 5) is 13.7. The third kappa shape index (κ3) is 4.58. The first-order chi connectivity index (χ1) is 9.71. The second kappa shape index (κ2) is 6.13. The summed E-state index contributed by atoms with van der Waals surface area (Å²) < 4.78 is 11.6. The largest absolute Gasteiger partial charge is 0.444 e. The van der Waals surface area contributed by atoms with E-state index in [9.17, 15) is 4.79 Å². The number of carbonyl (C=O) groups is 1. The minimum absolute atomic E-state index is 0.211. The first-order valence-electron chi connectivity index (χ1n) is 8.06. The van der Waals surface area contributed by atoms with Crippen LogP contribution in [-0.4, -0.2) is 47.9 Å². The fourth-order valence-corrected chi connectivity index (χ4v) is 3.18. The summed E-state index contributed by atoms with van der Waals surface area (Å²) in [6.07, 6.45) is 4.57. The monoisotopic (exact) mass is 298 g/mol. The molecule has 1 aliphatic heterocycles. The number of likely N-dealkylation sites (tertiary alicyclic amines) is 1. The molecule has 5 nitrogen and oxygen atoms in total. The van der Waals surface area contributed by atoms with Crippen LogP contribution in [0.2, 0.25) is 0 Å². The third-order valence-corrected chi connectivity index (χ3v) is 4.28. The second-order valence-corrected chi connectivity index (χ2v) is 7.78. The van der Waals surface area contributed by atoms with Crippen LogP contribution in [0.1, 0.15) is 53.4 Å². The molecular formula is C16H30N2O3. The number of carbonyl (C=O) groups excluding carboxylic acids is 1. The van der Waals surface area contributed by atoms with Crippen LogP contribution in [0.4, 0.5) is 4.79 Å². The predicted molar refractivity (Wildman–Crippen MR) is 82.1 cm³/mol. The van der Waals surface area contributed by atoms with Gasteiger partial charge in [0, 0.05) is 0 Å². The van der Waals surface area contributed by atoms with Crippen LogP contribution in [0, 0.1) is 5.92 Å². The van der Waals surface area contributed by atoms with Gasteiger partial charge in [0.15, 0.2) is 0 Å². The van der Waals surface area contributed by atoms with E-state index in [1.165, 1.54) is 0 Å². The van der Waals surface area contributed by atoms with Crippen molar-refractivity contribution in [3.8, 4) is 0 Å². The van der Waals surface area contributed by atoms with Gasteiger partial charge in [-0.05, 0) is 65.8 Å². The lowest BCUT2D eigenvalue weighted by Gasteiger charge is -2.49. The Morgan fingerprint density at radius 3 is 2.29 bits per heavy atom. The van der Waals surface area contributed by atoms with E-state index in [4.69, 9.17) is 15.2 Å². The van der Waals surface area contributed by atoms with E-state index in [-0.39, 0.29) is 11.7 Å². The van der Waals surface area contributed by atoms with Gasteiger partial charge in [-0.1, -0.05) is 0 Å². The van der Waals surface area contributed by atoms with Crippen molar-refractivity contribution < 1.29 is 14.3 Å². The van der Waals surface area contributed by atoms with Crippen LogP contribution in [0.5, 0.6) is 0 Å². The number of amides is 1. The summed E-state index contributed by atoms with van der Waals surface area (Å²) in [6.45, 7) is 9.78. The van der Waals surface area contributed by atoms with E-state index in [0.29, 0.717) is 25.1 Å². The normalized spacial score (nSPS) is 28.9. The van der Waals surface area contributed by atoms with Crippen molar-refractivity contribution in [3.05, 3.63) is 0 Å². The quantitative estimate of drug-likeness (QED) is 0.869. The van der Waals surface area contributed by atoms with Crippen LogP contribution < -0.4 is 5.73 Å². The minimum Gasteiger partial charge on any atom is -0.444 e. The number of hydrogen-bond donors (Lipinski definition) is 1. The Morgan fingerprint density at radius 1 is 1.24 bits per heavy atom. The lowest BCUT2D eigenvalue weighted by atomic mass is 9.86. The van der Waals surface area contributed by atoms with E-state index < -0.39 is 5.60 Å². The van der Waals surface area contributed by atoms with E-state index in [1.54, 1.807) is 4.90 Å². The van der Waals surface area contributed by atoms with Gasteiger partial charge in [0.05, 0.1) is 19.2 Å². The van der Waals surface area contributed by atoms with Gasteiger partial charge >= 0.3 is 6.09 Å². The number of ether oxygens (including phenoxy) is 2. The Bertz CT molecular complexity index is 364. The molecule has 1 aliphatic carbocycles. The van der Waals surface area contributed by atoms with Crippen molar-refractivity contribution >= 4 is 6.09 Å². The Morgan fingerprint density at radius 2 is 1.81 bits per heavy atom. The van der Waals surface area contributed by atoms with E-state index >= 15 is 0 Å². The standard InChI is InChI=1S/C16H30N2O3/c1-15(2,3)21-14(19)18-10-16(4,11-18)20-13-7-5-12(9-17)6-8-13/h12-13H,5-11,17H2,1-4H3. The van der Waals surface area contributed by atoms with Crippen molar-refractivity contribution in [3.63, 3.8) is 0 Å². The molecule has 0 aromatic heterocycles. The molecule has 2 rings (SSSR count). The summed E-state index contributed by atoms with van der Waals surface area (Å²) in [6, 6.07) is 0. The zero-order chi connectivity index (χ0) is 15.7. The van der Waals surface area contributed by atoms with Gasteiger partial charge in [0.25, 0.3) is 0 Å². The maximum absolute atomic E-state index is 11.9. The molecule has 1 saturated carbocycles. The molecule has 122 valence electrons. The van der Waals surface area contributed by atoms with E-state index in [1.807, 2.05) is 20.8 Å². The maximum Gasteiger partial charge on any atom is 0.410 e. The highest BCUT2D eigenvalue weighted by Gasteiger charge is 2.45. The maximum atomic E-state index is 11.9. The average Bonchev–Trinajstić information content (AvgIpc) is 2.34. The molecule has 1 saturated heterocycles. The molecule has 0 aromatic carbocycles. The first kappa shape index (κ1) is 16.6. The molecule has 2 N–H and O–H groups in total. The predicted octanol–water partition coefficient (Wildman–Crippen LogP) is 2.53. The van der Waals surface area contributed by atoms with Gasteiger partial charge in [0.2, 0.25) is 0 Å². The number of nitrogens with two attached hydrogens (primary N) is 1. The SMILES string of the molecule is CC(C)(C)OC(=O)N1CC(C)(OC2CCC(CN)CC2)C1. The second-order valence-electron chi connectivity index (χ2n) is 7.78. The molecule has 5 heteroatoms. The van der Waals surface area contributed by atoms with Crippen molar-refractivity contribution in [1.29, 1.82) is 0 Å². The Balaban J connectivity index is 1.73. The molecule has 0 radical (unpaired) electrons. The van der Waals surface area contributed by atoms with E-state index in [2.05, 4.69) is 6.92 Å². The van der Waals surface area contributed by atoms with Gasteiger partial charge < -0.3 is 20.1 Å². The highest BCUT2D eigenvalue weighted by atomic mass is 16.6. The zero-order valence-electron chi connectivity index (χ0n) is 13.9. The lowest BCUT2D eigenvalue weighted by Crippen LogP contribution is -2.64. The number of hydrogen-bond acceptors (Lipinski definition) is 4. The lowest BCUT2D eigenvalue weighted by molar-refractivity contribution is -0.166. The summed E-state index contributed by atoms with van der Waals surface area (Å²) in [7, 11) is 0. The van der Waals surface area contributed by atoms with Crippen LogP contribution >= 0.6 is 0 Å². The molecule has 1 heterocycles. The van der Waals surface area contributed by atoms with E-state index in [0.717, 1.165) is 32.2 Å². The van der Waals surface area contributed by atoms with Gasteiger partial charge in [-0.15, -0.1) is 0 Å². The Labute approximate surface area is 128 Å². The number of nitrogens with zero attached hydrogens (tertiary/aromatic N) is 1. The fourth-order valence-electron chi connectivity index (χ4n) is 3.18. The van der Waals surface area contributed by atoms with Gasteiger partial charge in [-0.3, -0.25) is 0 Å². The first-order valence-corrected chi connectivity index (χ1v) is 8.06. The smallest absolute Gasteiger partial charge is 0.410 e. The van der Waals surface area contributed by atoms with Crippen molar-refractivity contribution in [2.75, 3.05) is 19.6 Å². The van der Waals surface area contributed by atoms with Crippen molar-refractivity contribution in [1.82, 2.24) is 4.90 Å². The van der Waals surface area contributed by atoms with Crippen LogP contribution in [-0.2, 0) is 9.47 Å². The highest BCUT2D eigenvalue weighted by Crippen LogP contribution is 2.33. The molecule has 0 bridgehead atoms. The molecule has 21 heavy (non-hydrogen) atoms. The van der Waals surface area contributed by atoms with Crippen molar-refractivity contribution in [2.45, 2.75) is 70.7 Å². The molecule has 0 aromatic rings. The molecule has 1 amide bonds. The summed E-state index contributed by atoms with van der Waals surface area (Å²) in [5.74, 6) is 0.664. The number of rotatable bonds is 3. The fraction of sp³-hybridized carbons (Fsp3) is 0.938. The molecule has 0 atom stereocenters. The molecule has 2 fully saturated rings. The molecule has 0 unspecified atom stereocenters. The van der Waals surface area contributed by atoms with Gasteiger partial charge in [-0.2, -0.15) is 0 Å². The van der Waals surface area contributed by atoms with Gasteiger partial charge in [0.1, 0.15) is 11.2 Å². The Hall–Kier alpha value is -0.810. The summed E-state index contributed by atoms with van der Waals surface area (Å²) >= 11 is 0. The molecular weight excluding hydrogens is 268 g/mol. The van der Waals surface area contributed by atoms with Crippen LogP contribution in [0.15, 0.2) is 0 Å². The summed E-state index contributed by atoms with van der Waals surface area (Å²) in [5.41, 5.74) is 5.07. The topological polar surface area (TPSA) is 64.8 Å². The molecule has 0 spiro atoms. The van der Waals surface area contributed by atoms with Gasteiger partial charge in [-0.25, -0.2) is 4.79 Å². The summed E-state index contributed by atoms with van der Waals surface area (Å²) in [5, 5.41) is 0. The minimum atomic E-state index is -0.440. The molecule has 2 aliphatic rings. The van der Waals surface area contributed by atoms with Crippen LogP contribution in [0.25, 0.3) is 0 Å². The third-order valence-electron chi connectivity index (χ3n) is 4.28. The average molecular weight is 298 g/mol. The van der Waals surface area contributed by atoms with Crippen molar-refractivity contribution in [2.24, 2.45) is 11.7 Å². The Kier molecular flexibility index (Phi) is 4.83. The zero-order valence-corrected chi connectivity index (χ0v) is 13.9.